The lowest BCUT2D eigenvalue weighted by Crippen LogP contribution is -2.13. The van der Waals surface area contributed by atoms with E-state index in [1.165, 1.54) is 22.5 Å². The molecular formula is C28H23BrN4. The van der Waals surface area contributed by atoms with Gasteiger partial charge in [0.2, 0.25) is 0 Å². The minimum atomic E-state index is 0.898. The summed E-state index contributed by atoms with van der Waals surface area (Å²) in [6.45, 7) is 5.19. The summed E-state index contributed by atoms with van der Waals surface area (Å²) >= 11 is 3.57. The molecule has 0 atom stereocenters. The predicted octanol–water partition coefficient (Wildman–Crippen LogP) is 7.16. The highest BCUT2D eigenvalue weighted by molar-refractivity contribution is 9.10. The molecule has 5 heteroatoms. The van der Waals surface area contributed by atoms with E-state index in [1.54, 1.807) is 0 Å². The van der Waals surface area contributed by atoms with Gasteiger partial charge in [-0.2, -0.15) is 5.10 Å². The zero-order chi connectivity index (χ0) is 22.5. The monoisotopic (exact) mass is 494 g/mol. The van der Waals surface area contributed by atoms with Gasteiger partial charge in [0.15, 0.2) is 5.65 Å². The number of hydrogen-bond acceptors (Lipinski definition) is 3. The van der Waals surface area contributed by atoms with Crippen molar-refractivity contribution < 1.29 is 0 Å². The lowest BCUT2D eigenvalue weighted by atomic mass is 10.0. The normalized spacial score (nSPS) is 13.0. The first-order valence-electron chi connectivity index (χ1n) is 11.2. The Balaban J connectivity index is 1.68. The molecule has 0 saturated carbocycles. The summed E-state index contributed by atoms with van der Waals surface area (Å²) in [7, 11) is 0. The molecule has 0 unspecified atom stereocenters. The second-order valence-corrected chi connectivity index (χ2v) is 9.48. The number of nitrogens with zero attached hydrogens (tertiary/aromatic N) is 4. The standard InChI is InChI=1S/C28H23BrN4/c1-18-8-14-22(15-9-18)32-17-16-24-19(2)30-28-25(27(24)32)26(20-10-12-21(29)13-11-20)31-33(28)23-6-4-3-5-7-23/h3-15H,16-17H2,1-2H3. The number of fused-ring (bicyclic) bond motifs is 3. The van der Waals surface area contributed by atoms with E-state index in [2.05, 4.69) is 95.3 Å². The second kappa shape index (κ2) is 7.85. The van der Waals surface area contributed by atoms with Crippen LogP contribution in [0.4, 0.5) is 11.4 Å². The van der Waals surface area contributed by atoms with Crippen LogP contribution in [0.2, 0.25) is 0 Å². The van der Waals surface area contributed by atoms with E-state index in [1.807, 2.05) is 22.9 Å². The summed E-state index contributed by atoms with van der Waals surface area (Å²) < 4.78 is 3.05. The molecule has 0 aliphatic carbocycles. The maximum atomic E-state index is 5.13. The van der Waals surface area contributed by atoms with E-state index in [4.69, 9.17) is 10.1 Å². The van der Waals surface area contributed by atoms with Gasteiger partial charge >= 0.3 is 0 Å². The number of hydrogen-bond donors (Lipinski definition) is 0. The summed E-state index contributed by atoms with van der Waals surface area (Å²) in [5.41, 5.74) is 10.1. The summed E-state index contributed by atoms with van der Waals surface area (Å²) in [6.07, 6.45) is 0.980. The zero-order valence-electron chi connectivity index (χ0n) is 18.6. The van der Waals surface area contributed by atoms with Gasteiger partial charge in [-0.1, -0.05) is 64.0 Å². The molecule has 0 fully saturated rings. The number of anilines is 2. The number of para-hydroxylation sites is 1. The number of rotatable bonds is 3. The summed E-state index contributed by atoms with van der Waals surface area (Å²) in [5.74, 6) is 0. The van der Waals surface area contributed by atoms with Gasteiger partial charge in [-0.05, 0) is 62.2 Å². The molecule has 0 bridgehead atoms. The van der Waals surface area contributed by atoms with Crippen molar-refractivity contribution in [3.63, 3.8) is 0 Å². The smallest absolute Gasteiger partial charge is 0.165 e. The molecule has 0 amide bonds. The van der Waals surface area contributed by atoms with Gasteiger partial charge in [0.1, 0.15) is 5.69 Å². The second-order valence-electron chi connectivity index (χ2n) is 8.56. The van der Waals surface area contributed by atoms with Crippen molar-refractivity contribution in [3.8, 4) is 16.9 Å². The Morgan fingerprint density at radius 1 is 0.818 bits per heavy atom. The fourth-order valence-electron chi connectivity index (χ4n) is 4.75. The lowest BCUT2D eigenvalue weighted by Gasteiger charge is -2.21. The van der Waals surface area contributed by atoms with E-state index in [-0.39, 0.29) is 0 Å². The van der Waals surface area contributed by atoms with E-state index in [0.29, 0.717) is 0 Å². The summed E-state index contributed by atoms with van der Waals surface area (Å²) in [6, 6.07) is 27.5. The largest absolute Gasteiger partial charge is 0.340 e. The number of pyridine rings is 1. The van der Waals surface area contributed by atoms with Crippen LogP contribution in [0, 0.1) is 13.8 Å². The molecule has 3 aromatic carbocycles. The number of benzene rings is 3. The topological polar surface area (TPSA) is 34.0 Å². The fourth-order valence-corrected chi connectivity index (χ4v) is 5.02. The number of aromatic nitrogens is 3. The molecule has 2 aromatic heterocycles. The summed E-state index contributed by atoms with van der Waals surface area (Å²) in [5, 5.41) is 6.24. The van der Waals surface area contributed by atoms with Crippen LogP contribution in [-0.4, -0.2) is 21.3 Å². The van der Waals surface area contributed by atoms with Crippen LogP contribution in [0.15, 0.2) is 83.3 Å². The molecule has 4 nitrogen and oxygen atoms in total. The maximum Gasteiger partial charge on any atom is 0.165 e. The van der Waals surface area contributed by atoms with Crippen molar-refractivity contribution in [1.82, 2.24) is 14.8 Å². The van der Waals surface area contributed by atoms with Gasteiger partial charge < -0.3 is 4.90 Å². The molecule has 1 aliphatic heterocycles. The molecule has 0 spiro atoms. The van der Waals surface area contributed by atoms with Crippen LogP contribution in [0.1, 0.15) is 16.8 Å². The molecule has 162 valence electrons. The minimum absolute atomic E-state index is 0.898. The molecule has 0 saturated heterocycles. The van der Waals surface area contributed by atoms with Gasteiger partial charge in [-0.15, -0.1) is 0 Å². The highest BCUT2D eigenvalue weighted by Crippen LogP contribution is 2.45. The fraction of sp³-hybridized carbons (Fsp3) is 0.143. The molecule has 6 rings (SSSR count). The van der Waals surface area contributed by atoms with Crippen molar-refractivity contribution in [3.05, 3.63) is 100 Å². The first kappa shape index (κ1) is 20.2. The van der Waals surface area contributed by atoms with Crippen LogP contribution < -0.4 is 4.90 Å². The zero-order valence-corrected chi connectivity index (χ0v) is 20.2. The third-order valence-electron chi connectivity index (χ3n) is 6.41. The maximum absolute atomic E-state index is 5.13. The molecule has 0 N–H and O–H groups in total. The molecular weight excluding hydrogens is 472 g/mol. The minimum Gasteiger partial charge on any atom is -0.340 e. The highest BCUT2D eigenvalue weighted by atomic mass is 79.9. The average molecular weight is 495 g/mol. The van der Waals surface area contributed by atoms with Crippen LogP contribution in [0.25, 0.3) is 28.0 Å². The Bertz CT molecular complexity index is 1470. The number of aryl methyl sites for hydroxylation is 2. The van der Waals surface area contributed by atoms with Gasteiger partial charge in [-0.25, -0.2) is 9.67 Å². The molecule has 33 heavy (non-hydrogen) atoms. The van der Waals surface area contributed by atoms with Gasteiger partial charge in [0.05, 0.1) is 16.8 Å². The van der Waals surface area contributed by atoms with Crippen molar-refractivity contribution in [1.29, 1.82) is 0 Å². The van der Waals surface area contributed by atoms with Gasteiger partial charge in [-0.3, -0.25) is 0 Å². The quantitative estimate of drug-likeness (QED) is 0.266. The third-order valence-corrected chi connectivity index (χ3v) is 6.94. The predicted molar refractivity (Wildman–Crippen MR) is 139 cm³/mol. The Kier molecular flexibility index (Phi) is 4.80. The molecule has 0 radical (unpaired) electrons. The Hall–Kier alpha value is -3.44. The average Bonchev–Trinajstić information content (AvgIpc) is 3.43. The van der Waals surface area contributed by atoms with E-state index in [0.717, 1.165) is 51.1 Å². The Labute approximate surface area is 201 Å². The number of halogens is 1. The summed E-state index contributed by atoms with van der Waals surface area (Å²) in [4.78, 5) is 7.53. The first-order chi connectivity index (χ1) is 16.1. The molecule has 1 aliphatic rings. The van der Waals surface area contributed by atoms with Gasteiger partial charge in [0, 0.05) is 28.0 Å². The highest BCUT2D eigenvalue weighted by Gasteiger charge is 2.30. The Morgan fingerprint density at radius 3 is 2.27 bits per heavy atom. The van der Waals surface area contributed by atoms with Crippen LogP contribution in [0.3, 0.4) is 0 Å². The first-order valence-corrected chi connectivity index (χ1v) is 12.0. The molecule has 5 aromatic rings. The SMILES string of the molecule is Cc1ccc(N2CCc3c(C)nc4c(c(-c5ccc(Br)cc5)nn4-c4ccccc4)c32)cc1. The van der Waals surface area contributed by atoms with E-state index >= 15 is 0 Å². The van der Waals surface area contributed by atoms with Crippen LogP contribution >= 0.6 is 15.9 Å². The van der Waals surface area contributed by atoms with Gasteiger partial charge in [0.25, 0.3) is 0 Å². The van der Waals surface area contributed by atoms with Crippen molar-refractivity contribution in [2.24, 2.45) is 0 Å². The lowest BCUT2D eigenvalue weighted by molar-refractivity contribution is 0.896. The van der Waals surface area contributed by atoms with Crippen LogP contribution in [-0.2, 0) is 6.42 Å². The van der Waals surface area contributed by atoms with E-state index in [9.17, 15) is 0 Å². The van der Waals surface area contributed by atoms with Crippen molar-refractivity contribution in [2.45, 2.75) is 20.3 Å². The molecule has 3 heterocycles. The van der Waals surface area contributed by atoms with Crippen molar-refractivity contribution >= 4 is 38.3 Å². The third kappa shape index (κ3) is 3.35. The van der Waals surface area contributed by atoms with Crippen LogP contribution in [0.5, 0.6) is 0 Å². The Morgan fingerprint density at radius 2 is 1.55 bits per heavy atom. The van der Waals surface area contributed by atoms with E-state index < -0.39 is 0 Å². The van der Waals surface area contributed by atoms with Crippen molar-refractivity contribution in [2.75, 3.05) is 11.4 Å².